The summed E-state index contributed by atoms with van der Waals surface area (Å²) in [5, 5.41) is 2.92. The summed E-state index contributed by atoms with van der Waals surface area (Å²) in [7, 11) is 0. The molecule has 1 aromatic rings. The number of thioether (sulfide) groups is 1. The summed E-state index contributed by atoms with van der Waals surface area (Å²) in [6.45, 7) is 3.81. The number of hydrogen-bond donors (Lipinski definition) is 2. The normalized spacial score (nSPS) is 17.9. The molecule has 0 aliphatic carbocycles. The van der Waals surface area contributed by atoms with Crippen LogP contribution in [-0.2, 0) is 4.79 Å². The number of nitrogens with zero attached hydrogens (tertiary/aromatic N) is 1. The molecule has 0 spiro atoms. The van der Waals surface area contributed by atoms with E-state index >= 15 is 0 Å². The number of benzene rings is 1. The SMILES string of the molecule is NC(C(=O)NCCN1CCSCC1)c1ccccc1. The van der Waals surface area contributed by atoms with Gasteiger partial charge >= 0.3 is 0 Å². The van der Waals surface area contributed by atoms with Gasteiger partial charge in [-0.2, -0.15) is 11.8 Å². The van der Waals surface area contributed by atoms with Gasteiger partial charge in [0.1, 0.15) is 6.04 Å². The second kappa shape index (κ2) is 7.53. The predicted molar refractivity (Wildman–Crippen MR) is 80.1 cm³/mol. The van der Waals surface area contributed by atoms with Crippen molar-refractivity contribution in [2.45, 2.75) is 6.04 Å². The molecule has 1 heterocycles. The third-order valence-corrected chi connectivity index (χ3v) is 4.21. The summed E-state index contributed by atoms with van der Waals surface area (Å²) in [5.41, 5.74) is 6.78. The van der Waals surface area contributed by atoms with Crippen molar-refractivity contribution in [2.75, 3.05) is 37.7 Å². The zero-order valence-electron chi connectivity index (χ0n) is 11.0. The van der Waals surface area contributed by atoms with Crippen molar-refractivity contribution in [3.63, 3.8) is 0 Å². The van der Waals surface area contributed by atoms with Crippen LogP contribution in [0, 0.1) is 0 Å². The topological polar surface area (TPSA) is 58.4 Å². The van der Waals surface area contributed by atoms with Gasteiger partial charge in [0.25, 0.3) is 0 Å². The van der Waals surface area contributed by atoms with Crippen molar-refractivity contribution in [1.82, 2.24) is 10.2 Å². The van der Waals surface area contributed by atoms with Gasteiger partial charge < -0.3 is 11.1 Å². The Labute approximate surface area is 118 Å². The molecule has 1 atom stereocenters. The van der Waals surface area contributed by atoms with Crippen LogP contribution in [0.2, 0.25) is 0 Å². The van der Waals surface area contributed by atoms with Gasteiger partial charge in [0.2, 0.25) is 5.91 Å². The average molecular weight is 279 g/mol. The number of nitrogens with two attached hydrogens (primary N) is 1. The Balaban J connectivity index is 1.72. The van der Waals surface area contributed by atoms with E-state index in [1.807, 2.05) is 42.1 Å². The molecule has 3 N–H and O–H groups in total. The van der Waals surface area contributed by atoms with Crippen LogP contribution < -0.4 is 11.1 Å². The maximum atomic E-state index is 11.9. The molecule has 0 saturated carbocycles. The smallest absolute Gasteiger partial charge is 0.241 e. The van der Waals surface area contributed by atoms with E-state index in [4.69, 9.17) is 5.73 Å². The van der Waals surface area contributed by atoms with Gasteiger partial charge in [-0.1, -0.05) is 30.3 Å². The molecule has 1 aliphatic rings. The quantitative estimate of drug-likeness (QED) is 0.839. The largest absolute Gasteiger partial charge is 0.353 e. The van der Waals surface area contributed by atoms with Gasteiger partial charge in [-0.25, -0.2) is 0 Å². The molecule has 1 amide bonds. The molecular formula is C14H21N3OS. The summed E-state index contributed by atoms with van der Waals surface area (Å²) in [5.74, 6) is 2.28. The molecule has 5 heteroatoms. The van der Waals surface area contributed by atoms with Crippen LogP contribution in [0.25, 0.3) is 0 Å². The molecule has 1 aliphatic heterocycles. The van der Waals surface area contributed by atoms with Gasteiger partial charge in [-0.3, -0.25) is 9.69 Å². The molecule has 0 radical (unpaired) electrons. The zero-order chi connectivity index (χ0) is 13.5. The summed E-state index contributed by atoms with van der Waals surface area (Å²) in [6, 6.07) is 8.90. The highest BCUT2D eigenvalue weighted by molar-refractivity contribution is 7.99. The highest BCUT2D eigenvalue weighted by Crippen LogP contribution is 2.10. The molecule has 0 aromatic heterocycles. The fourth-order valence-corrected chi connectivity index (χ4v) is 3.06. The first kappa shape index (κ1) is 14.4. The van der Waals surface area contributed by atoms with Gasteiger partial charge in [-0.15, -0.1) is 0 Å². The lowest BCUT2D eigenvalue weighted by atomic mass is 10.1. The van der Waals surface area contributed by atoms with E-state index in [-0.39, 0.29) is 5.91 Å². The van der Waals surface area contributed by atoms with E-state index in [1.165, 1.54) is 11.5 Å². The molecule has 1 aromatic carbocycles. The summed E-state index contributed by atoms with van der Waals surface area (Å²) in [4.78, 5) is 14.3. The molecule has 1 fully saturated rings. The third-order valence-electron chi connectivity index (χ3n) is 3.27. The van der Waals surface area contributed by atoms with Crippen LogP contribution in [0.15, 0.2) is 30.3 Å². The monoisotopic (exact) mass is 279 g/mol. The van der Waals surface area contributed by atoms with Crippen LogP contribution in [-0.4, -0.2) is 48.5 Å². The maximum absolute atomic E-state index is 11.9. The minimum atomic E-state index is -0.571. The fourth-order valence-electron chi connectivity index (χ4n) is 2.08. The van der Waals surface area contributed by atoms with Crippen molar-refractivity contribution < 1.29 is 4.79 Å². The zero-order valence-corrected chi connectivity index (χ0v) is 11.9. The minimum Gasteiger partial charge on any atom is -0.353 e. The Kier molecular flexibility index (Phi) is 5.69. The first-order valence-electron chi connectivity index (χ1n) is 6.66. The molecule has 4 nitrogen and oxygen atoms in total. The summed E-state index contributed by atoms with van der Waals surface area (Å²) in [6.07, 6.45) is 0. The number of nitrogens with one attached hydrogen (secondary N) is 1. The number of hydrogen-bond acceptors (Lipinski definition) is 4. The Bertz CT molecular complexity index is 393. The van der Waals surface area contributed by atoms with E-state index in [1.54, 1.807) is 0 Å². The van der Waals surface area contributed by atoms with Gasteiger partial charge in [-0.05, 0) is 5.56 Å². The fraction of sp³-hybridized carbons (Fsp3) is 0.500. The standard InChI is InChI=1S/C14H21N3OS/c15-13(12-4-2-1-3-5-12)14(18)16-6-7-17-8-10-19-11-9-17/h1-5,13H,6-11,15H2,(H,16,18). The Morgan fingerprint density at radius 1 is 1.32 bits per heavy atom. The average Bonchev–Trinajstić information content (AvgIpc) is 2.48. The third kappa shape index (κ3) is 4.53. The second-order valence-electron chi connectivity index (χ2n) is 4.63. The highest BCUT2D eigenvalue weighted by atomic mass is 32.2. The summed E-state index contributed by atoms with van der Waals surface area (Å²) >= 11 is 1.99. The number of rotatable bonds is 5. The van der Waals surface area contributed by atoms with E-state index in [9.17, 15) is 4.79 Å². The minimum absolute atomic E-state index is 0.0995. The first-order chi connectivity index (χ1) is 9.27. The second-order valence-corrected chi connectivity index (χ2v) is 5.86. The number of amides is 1. The number of carbonyl (C=O) groups excluding carboxylic acids is 1. The van der Waals surface area contributed by atoms with Gasteiger partial charge in [0, 0.05) is 37.7 Å². The van der Waals surface area contributed by atoms with Crippen molar-refractivity contribution in [2.24, 2.45) is 5.73 Å². The van der Waals surface area contributed by atoms with Crippen molar-refractivity contribution in [1.29, 1.82) is 0 Å². The lowest BCUT2D eigenvalue weighted by molar-refractivity contribution is -0.122. The summed E-state index contributed by atoms with van der Waals surface area (Å²) < 4.78 is 0. The number of carbonyl (C=O) groups is 1. The van der Waals surface area contributed by atoms with E-state index in [2.05, 4.69) is 10.2 Å². The molecule has 19 heavy (non-hydrogen) atoms. The highest BCUT2D eigenvalue weighted by Gasteiger charge is 2.15. The lowest BCUT2D eigenvalue weighted by Gasteiger charge is -2.26. The molecule has 1 unspecified atom stereocenters. The molecule has 104 valence electrons. The van der Waals surface area contributed by atoms with Crippen LogP contribution in [0.4, 0.5) is 0 Å². The van der Waals surface area contributed by atoms with E-state index < -0.39 is 6.04 Å². The lowest BCUT2D eigenvalue weighted by Crippen LogP contribution is -2.41. The molecular weight excluding hydrogens is 258 g/mol. The van der Waals surface area contributed by atoms with Crippen molar-refractivity contribution >= 4 is 17.7 Å². The Morgan fingerprint density at radius 3 is 2.68 bits per heavy atom. The molecule has 1 saturated heterocycles. The Morgan fingerprint density at radius 2 is 2.00 bits per heavy atom. The maximum Gasteiger partial charge on any atom is 0.241 e. The van der Waals surface area contributed by atoms with Crippen LogP contribution in [0.1, 0.15) is 11.6 Å². The predicted octanol–water partition coefficient (Wildman–Crippen LogP) is 0.851. The first-order valence-corrected chi connectivity index (χ1v) is 7.81. The van der Waals surface area contributed by atoms with Crippen LogP contribution in [0.3, 0.4) is 0 Å². The van der Waals surface area contributed by atoms with Crippen LogP contribution >= 0.6 is 11.8 Å². The van der Waals surface area contributed by atoms with E-state index in [0.717, 1.165) is 25.2 Å². The van der Waals surface area contributed by atoms with Gasteiger partial charge in [0.05, 0.1) is 0 Å². The van der Waals surface area contributed by atoms with Crippen LogP contribution in [0.5, 0.6) is 0 Å². The van der Waals surface area contributed by atoms with E-state index in [0.29, 0.717) is 6.54 Å². The molecule has 0 bridgehead atoms. The van der Waals surface area contributed by atoms with Gasteiger partial charge in [0.15, 0.2) is 0 Å². The molecule has 2 rings (SSSR count). The Hall–Kier alpha value is -1.04. The van der Waals surface area contributed by atoms with Crippen molar-refractivity contribution in [3.8, 4) is 0 Å². The van der Waals surface area contributed by atoms with Crippen molar-refractivity contribution in [3.05, 3.63) is 35.9 Å².